The molecule has 0 aromatic carbocycles. The highest BCUT2D eigenvalue weighted by Gasteiger charge is 2.33. The van der Waals surface area contributed by atoms with Crippen LogP contribution in [0.4, 0.5) is 5.82 Å². The first-order valence-electron chi connectivity index (χ1n) is 10.6. The maximum absolute atomic E-state index is 6.22. The van der Waals surface area contributed by atoms with Gasteiger partial charge in [0.1, 0.15) is 21.7 Å². The normalized spacial score (nSPS) is 18.9. The van der Waals surface area contributed by atoms with E-state index in [1.165, 1.54) is 11.1 Å². The molecular formula is C21H24N6O2S2. The Bertz CT molecular complexity index is 1310. The Morgan fingerprint density at radius 1 is 1.19 bits per heavy atom. The van der Waals surface area contributed by atoms with Crippen molar-refractivity contribution < 1.29 is 9.47 Å². The Balaban J connectivity index is 1.64. The lowest BCUT2D eigenvalue weighted by atomic mass is 9.90. The number of thioether (sulfide) groups is 1. The zero-order valence-electron chi connectivity index (χ0n) is 17.8. The lowest BCUT2D eigenvalue weighted by molar-refractivity contribution is -0.0396. The van der Waals surface area contributed by atoms with Gasteiger partial charge in [-0.15, -0.1) is 21.5 Å². The van der Waals surface area contributed by atoms with Gasteiger partial charge in [-0.1, -0.05) is 18.7 Å². The molecule has 162 valence electrons. The van der Waals surface area contributed by atoms with Crippen LogP contribution in [-0.4, -0.2) is 62.2 Å². The molecule has 0 N–H and O–H groups in total. The van der Waals surface area contributed by atoms with E-state index in [4.69, 9.17) is 19.4 Å². The van der Waals surface area contributed by atoms with Gasteiger partial charge >= 0.3 is 0 Å². The number of hydrogen-bond acceptors (Lipinski definition) is 9. The summed E-state index contributed by atoms with van der Waals surface area (Å²) in [6.07, 6.45) is 2.69. The summed E-state index contributed by atoms with van der Waals surface area (Å²) in [6, 6.07) is 0. The van der Waals surface area contributed by atoms with Crippen molar-refractivity contribution in [1.29, 1.82) is 0 Å². The van der Waals surface area contributed by atoms with Gasteiger partial charge in [0.05, 0.1) is 30.9 Å². The predicted molar refractivity (Wildman–Crippen MR) is 123 cm³/mol. The van der Waals surface area contributed by atoms with Crippen LogP contribution in [-0.2, 0) is 22.5 Å². The van der Waals surface area contributed by atoms with E-state index in [-0.39, 0.29) is 5.60 Å². The molecule has 2 aliphatic rings. The van der Waals surface area contributed by atoms with Crippen molar-refractivity contribution in [3.05, 3.63) is 17.5 Å². The first-order valence-corrected chi connectivity index (χ1v) is 12.4. The van der Waals surface area contributed by atoms with Gasteiger partial charge in [0.15, 0.2) is 10.8 Å². The molecule has 10 heteroatoms. The Hall–Kier alpha value is -2.01. The number of thiophene rings is 1. The molecule has 6 heterocycles. The van der Waals surface area contributed by atoms with Crippen LogP contribution < -0.4 is 4.90 Å². The molecule has 0 amide bonds. The third-order valence-electron chi connectivity index (χ3n) is 5.97. The summed E-state index contributed by atoms with van der Waals surface area (Å²) in [4.78, 5) is 13.4. The summed E-state index contributed by atoms with van der Waals surface area (Å²) < 4.78 is 14.8. The van der Waals surface area contributed by atoms with Gasteiger partial charge in [-0.2, -0.15) is 0 Å². The van der Waals surface area contributed by atoms with Crippen molar-refractivity contribution in [2.75, 3.05) is 37.0 Å². The molecule has 0 aliphatic carbocycles. The zero-order valence-corrected chi connectivity index (χ0v) is 19.5. The van der Waals surface area contributed by atoms with Crippen molar-refractivity contribution in [2.45, 2.75) is 44.6 Å². The SMILES string of the molecule is CCSc1nnc2c3sc4nc(N5CCOCC5)c5c(c4c3ncn12)CC(C)(C)OC5. The fraction of sp³-hybridized carbons (Fsp3) is 0.524. The highest BCUT2D eigenvalue weighted by molar-refractivity contribution is 7.99. The van der Waals surface area contributed by atoms with E-state index in [0.29, 0.717) is 6.61 Å². The summed E-state index contributed by atoms with van der Waals surface area (Å²) in [7, 11) is 0. The first kappa shape index (κ1) is 19.7. The van der Waals surface area contributed by atoms with E-state index in [0.717, 1.165) is 75.5 Å². The van der Waals surface area contributed by atoms with E-state index in [1.807, 2.05) is 10.7 Å². The Morgan fingerprint density at radius 2 is 2.03 bits per heavy atom. The third-order valence-corrected chi connectivity index (χ3v) is 7.87. The van der Waals surface area contributed by atoms with Crippen molar-refractivity contribution in [3.8, 4) is 0 Å². The summed E-state index contributed by atoms with van der Waals surface area (Å²) in [5.74, 6) is 1.98. The van der Waals surface area contributed by atoms with Crippen LogP contribution in [0.25, 0.3) is 26.1 Å². The average molecular weight is 457 g/mol. The van der Waals surface area contributed by atoms with E-state index in [9.17, 15) is 0 Å². The third kappa shape index (κ3) is 3.11. The lowest BCUT2D eigenvalue weighted by Gasteiger charge is -2.36. The summed E-state index contributed by atoms with van der Waals surface area (Å²) in [5, 5.41) is 10.9. The summed E-state index contributed by atoms with van der Waals surface area (Å²) >= 11 is 3.34. The maximum atomic E-state index is 6.22. The van der Waals surface area contributed by atoms with Crippen molar-refractivity contribution in [3.63, 3.8) is 0 Å². The molecule has 0 unspecified atom stereocenters. The van der Waals surface area contributed by atoms with E-state index in [1.54, 1.807) is 23.1 Å². The fourth-order valence-corrected chi connectivity index (χ4v) is 6.25. The summed E-state index contributed by atoms with van der Waals surface area (Å²) in [6.45, 7) is 10.2. The molecule has 1 saturated heterocycles. The van der Waals surface area contributed by atoms with Gasteiger partial charge < -0.3 is 14.4 Å². The van der Waals surface area contributed by atoms with Crippen LogP contribution in [0.15, 0.2) is 11.5 Å². The predicted octanol–water partition coefficient (Wildman–Crippen LogP) is 3.69. The molecule has 0 atom stereocenters. The standard InChI is InChI=1S/C21H24N6O2S2/c1-4-30-20-25-24-18-16-15(22-11-27(18)20)14-12-9-21(2,3)29-10-13(12)17(23-19(14)31-16)26-5-7-28-8-6-26/h11H,4-10H2,1-3H3. The number of aromatic nitrogens is 5. The molecule has 6 rings (SSSR count). The topological polar surface area (TPSA) is 77.7 Å². The maximum Gasteiger partial charge on any atom is 0.196 e. The zero-order chi connectivity index (χ0) is 21.2. The molecule has 4 aromatic rings. The number of fused-ring (bicyclic) bond motifs is 7. The minimum Gasteiger partial charge on any atom is -0.378 e. The van der Waals surface area contributed by atoms with Gasteiger partial charge in [-0.25, -0.2) is 9.97 Å². The van der Waals surface area contributed by atoms with Gasteiger partial charge in [-0.3, -0.25) is 4.40 Å². The van der Waals surface area contributed by atoms with Crippen LogP contribution >= 0.6 is 23.1 Å². The van der Waals surface area contributed by atoms with Crippen molar-refractivity contribution in [2.24, 2.45) is 0 Å². The number of rotatable bonds is 3. The Kier molecular flexibility index (Phi) is 4.60. The minimum atomic E-state index is -0.221. The fourth-order valence-electron chi connectivity index (χ4n) is 4.49. The molecule has 0 saturated carbocycles. The number of hydrogen-bond donors (Lipinski definition) is 0. The highest BCUT2D eigenvalue weighted by Crippen LogP contribution is 2.43. The molecule has 0 spiro atoms. The highest BCUT2D eigenvalue weighted by atomic mass is 32.2. The van der Waals surface area contributed by atoms with Gasteiger partial charge in [0.25, 0.3) is 0 Å². The van der Waals surface area contributed by atoms with Crippen LogP contribution in [0, 0.1) is 0 Å². The Labute approximate surface area is 188 Å². The van der Waals surface area contributed by atoms with Crippen molar-refractivity contribution in [1.82, 2.24) is 24.6 Å². The van der Waals surface area contributed by atoms with E-state index in [2.05, 4.69) is 35.9 Å². The molecule has 8 nitrogen and oxygen atoms in total. The van der Waals surface area contributed by atoms with Gasteiger partial charge in [0, 0.05) is 30.5 Å². The molecule has 0 radical (unpaired) electrons. The number of nitrogens with zero attached hydrogens (tertiary/aromatic N) is 6. The number of morpholine rings is 1. The van der Waals surface area contributed by atoms with Crippen LogP contribution in [0.2, 0.25) is 0 Å². The first-order chi connectivity index (χ1) is 15.1. The lowest BCUT2D eigenvalue weighted by Crippen LogP contribution is -2.39. The smallest absolute Gasteiger partial charge is 0.196 e. The second-order valence-corrected chi connectivity index (χ2v) is 10.8. The van der Waals surface area contributed by atoms with E-state index < -0.39 is 0 Å². The largest absolute Gasteiger partial charge is 0.378 e. The quantitative estimate of drug-likeness (QED) is 0.432. The van der Waals surface area contributed by atoms with Gasteiger partial charge in [-0.05, 0) is 25.2 Å². The molecule has 1 fully saturated rings. The monoisotopic (exact) mass is 456 g/mol. The van der Waals surface area contributed by atoms with Crippen LogP contribution in [0.1, 0.15) is 31.9 Å². The molecule has 4 aromatic heterocycles. The van der Waals surface area contributed by atoms with E-state index >= 15 is 0 Å². The van der Waals surface area contributed by atoms with Gasteiger partial charge in [0.2, 0.25) is 0 Å². The molecular weight excluding hydrogens is 432 g/mol. The Morgan fingerprint density at radius 3 is 2.84 bits per heavy atom. The number of anilines is 1. The van der Waals surface area contributed by atoms with Crippen LogP contribution in [0.3, 0.4) is 0 Å². The minimum absolute atomic E-state index is 0.221. The summed E-state index contributed by atoms with van der Waals surface area (Å²) in [5.41, 5.74) is 4.12. The average Bonchev–Trinajstić information content (AvgIpc) is 3.34. The molecule has 31 heavy (non-hydrogen) atoms. The second kappa shape index (κ2) is 7.26. The molecule has 0 bridgehead atoms. The van der Waals surface area contributed by atoms with Crippen LogP contribution in [0.5, 0.6) is 0 Å². The van der Waals surface area contributed by atoms with Crippen molar-refractivity contribution >= 4 is 55.0 Å². The molecule has 2 aliphatic heterocycles. The number of ether oxygens (including phenoxy) is 2. The number of pyridine rings is 1. The second-order valence-electron chi connectivity index (χ2n) is 8.53.